The molecule has 1 atom stereocenters. The summed E-state index contributed by atoms with van der Waals surface area (Å²) in [4.78, 5) is 0. The SMILES string of the molecule is COc1ccc(C(C#N)NCc2ccccc2)cc1Cl. The molecule has 2 aromatic carbocycles. The molecule has 2 aromatic rings. The quantitative estimate of drug-likeness (QED) is 0.911. The van der Waals surface area contributed by atoms with Gasteiger partial charge in [0.1, 0.15) is 11.8 Å². The zero-order valence-electron chi connectivity index (χ0n) is 11.1. The molecule has 102 valence electrons. The maximum Gasteiger partial charge on any atom is 0.137 e. The van der Waals surface area contributed by atoms with E-state index in [-0.39, 0.29) is 0 Å². The van der Waals surface area contributed by atoms with Gasteiger partial charge >= 0.3 is 0 Å². The molecule has 0 heterocycles. The number of nitrogens with one attached hydrogen (secondary N) is 1. The van der Waals surface area contributed by atoms with Crippen LogP contribution in [0.15, 0.2) is 48.5 Å². The Hall–Kier alpha value is -2.02. The van der Waals surface area contributed by atoms with Crippen LogP contribution in [0, 0.1) is 11.3 Å². The Morgan fingerprint density at radius 1 is 1.25 bits per heavy atom. The van der Waals surface area contributed by atoms with E-state index in [0.29, 0.717) is 17.3 Å². The minimum Gasteiger partial charge on any atom is -0.495 e. The minimum absolute atomic E-state index is 0.404. The van der Waals surface area contributed by atoms with Crippen LogP contribution in [-0.4, -0.2) is 7.11 Å². The maximum absolute atomic E-state index is 9.29. The summed E-state index contributed by atoms with van der Waals surface area (Å²) >= 11 is 6.09. The zero-order chi connectivity index (χ0) is 14.4. The van der Waals surface area contributed by atoms with Gasteiger partial charge in [0.2, 0.25) is 0 Å². The predicted octanol–water partition coefficient (Wildman–Crippen LogP) is 3.70. The normalized spacial score (nSPS) is 11.7. The largest absolute Gasteiger partial charge is 0.495 e. The Morgan fingerprint density at radius 3 is 2.60 bits per heavy atom. The van der Waals surface area contributed by atoms with Gasteiger partial charge < -0.3 is 4.74 Å². The molecule has 0 aromatic heterocycles. The summed E-state index contributed by atoms with van der Waals surface area (Å²) < 4.78 is 5.11. The van der Waals surface area contributed by atoms with E-state index in [1.807, 2.05) is 36.4 Å². The summed E-state index contributed by atoms with van der Waals surface area (Å²) in [5.74, 6) is 0.607. The van der Waals surface area contributed by atoms with E-state index in [4.69, 9.17) is 16.3 Å². The molecular formula is C16H15ClN2O. The van der Waals surface area contributed by atoms with Crippen LogP contribution in [0.2, 0.25) is 5.02 Å². The lowest BCUT2D eigenvalue weighted by Gasteiger charge is -2.13. The van der Waals surface area contributed by atoms with Crippen molar-refractivity contribution in [2.24, 2.45) is 0 Å². The van der Waals surface area contributed by atoms with Crippen molar-refractivity contribution in [3.8, 4) is 11.8 Å². The molecule has 0 bridgehead atoms. The molecule has 20 heavy (non-hydrogen) atoms. The van der Waals surface area contributed by atoms with Crippen molar-refractivity contribution < 1.29 is 4.74 Å². The van der Waals surface area contributed by atoms with Crippen molar-refractivity contribution in [3.05, 3.63) is 64.7 Å². The second-order valence-corrected chi connectivity index (χ2v) is 4.73. The van der Waals surface area contributed by atoms with E-state index in [9.17, 15) is 5.26 Å². The Balaban J connectivity index is 2.09. The van der Waals surface area contributed by atoms with E-state index in [0.717, 1.165) is 11.1 Å². The molecule has 1 N–H and O–H groups in total. The van der Waals surface area contributed by atoms with Gasteiger partial charge in [-0.1, -0.05) is 48.0 Å². The molecule has 4 heteroatoms. The number of methoxy groups -OCH3 is 1. The molecule has 0 saturated heterocycles. The van der Waals surface area contributed by atoms with Gasteiger partial charge in [-0.3, -0.25) is 5.32 Å². The van der Waals surface area contributed by atoms with Gasteiger partial charge in [-0.05, 0) is 23.3 Å². The minimum atomic E-state index is -0.404. The van der Waals surface area contributed by atoms with Gasteiger partial charge in [0.15, 0.2) is 0 Å². The molecule has 1 unspecified atom stereocenters. The first-order valence-corrected chi connectivity index (χ1v) is 6.62. The van der Waals surface area contributed by atoms with E-state index in [2.05, 4.69) is 11.4 Å². The first kappa shape index (κ1) is 14.4. The summed E-state index contributed by atoms with van der Waals surface area (Å²) in [5.41, 5.74) is 1.96. The molecule has 0 fully saturated rings. The predicted molar refractivity (Wildman–Crippen MR) is 79.6 cm³/mol. The van der Waals surface area contributed by atoms with Crippen LogP contribution in [0.25, 0.3) is 0 Å². The second-order valence-electron chi connectivity index (χ2n) is 4.32. The number of rotatable bonds is 5. The van der Waals surface area contributed by atoms with Crippen molar-refractivity contribution in [2.45, 2.75) is 12.6 Å². The lowest BCUT2D eigenvalue weighted by molar-refractivity contribution is 0.414. The molecule has 0 saturated carbocycles. The molecule has 0 radical (unpaired) electrons. The van der Waals surface area contributed by atoms with Crippen LogP contribution in [0.1, 0.15) is 17.2 Å². The van der Waals surface area contributed by atoms with Gasteiger partial charge in [0.25, 0.3) is 0 Å². The highest BCUT2D eigenvalue weighted by molar-refractivity contribution is 6.32. The van der Waals surface area contributed by atoms with E-state index >= 15 is 0 Å². The number of halogens is 1. The highest BCUT2D eigenvalue weighted by Crippen LogP contribution is 2.27. The molecular weight excluding hydrogens is 272 g/mol. The molecule has 2 rings (SSSR count). The van der Waals surface area contributed by atoms with Crippen LogP contribution in [-0.2, 0) is 6.54 Å². The summed E-state index contributed by atoms with van der Waals surface area (Å²) in [6, 6.07) is 17.2. The van der Waals surface area contributed by atoms with Gasteiger partial charge in [-0.25, -0.2) is 0 Å². The van der Waals surface area contributed by atoms with Crippen LogP contribution < -0.4 is 10.1 Å². The number of benzene rings is 2. The highest BCUT2D eigenvalue weighted by Gasteiger charge is 2.12. The third-order valence-corrected chi connectivity index (χ3v) is 3.29. The van der Waals surface area contributed by atoms with Crippen molar-refractivity contribution in [3.63, 3.8) is 0 Å². The lowest BCUT2D eigenvalue weighted by Crippen LogP contribution is -2.19. The number of ether oxygens (including phenoxy) is 1. The Kier molecular flexibility index (Phi) is 5.00. The third-order valence-electron chi connectivity index (χ3n) is 2.99. The molecule has 0 spiro atoms. The smallest absolute Gasteiger partial charge is 0.137 e. The van der Waals surface area contributed by atoms with Crippen molar-refractivity contribution in [1.29, 1.82) is 5.26 Å². The molecule has 0 aliphatic heterocycles. The van der Waals surface area contributed by atoms with Gasteiger partial charge in [-0.2, -0.15) is 5.26 Å². The molecule has 0 amide bonds. The van der Waals surface area contributed by atoms with Crippen LogP contribution in [0.5, 0.6) is 5.75 Å². The fraction of sp³-hybridized carbons (Fsp3) is 0.188. The van der Waals surface area contributed by atoms with Crippen molar-refractivity contribution >= 4 is 11.6 Å². The number of nitriles is 1. The molecule has 0 aliphatic carbocycles. The van der Waals surface area contributed by atoms with Crippen molar-refractivity contribution in [1.82, 2.24) is 5.32 Å². The number of nitrogens with zero attached hydrogens (tertiary/aromatic N) is 1. The fourth-order valence-electron chi connectivity index (χ4n) is 1.92. The first-order valence-electron chi connectivity index (χ1n) is 6.25. The zero-order valence-corrected chi connectivity index (χ0v) is 11.9. The Labute approximate surface area is 123 Å². The van der Waals surface area contributed by atoms with E-state index < -0.39 is 6.04 Å². The topological polar surface area (TPSA) is 45.0 Å². The van der Waals surface area contributed by atoms with Gasteiger partial charge in [0, 0.05) is 6.54 Å². The van der Waals surface area contributed by atoms with Crippen LogP contribution in [0.4, 0.5) is 0 Å². The second kappa shape index (κ2) is 6.95. The van der Waals surface area contributed by atoms with E-state index in [1.54, 1.807) is 19.2 Å². The molecule has 0 aliphatic rings. The van der Waals surface area contributed by atoms with Gasteiger partial charge in [0.05, 0.1) is 18.2 Å². The highest BCUT2D eigenvalue weighted by atomic mass is 35.5. The summed E-state index contributed by atoms with van der Waals surface area (Å²) in [7, 11) is 1.57. The summed E-state index contributed by atoms with van der Waals surface area (Å²) in [5, 5.41) is 13.0. The maximum atomic E-state index is 9.29. The summed E-state index contributed by atoms with van der Waals surface area (Å²) in [6.07, 6.45) is 0. The number of hydrogen-bond donors (Lipinski definition) is 1. The van der Waals surface area contributed by atoms with Crippen molar-refractivity contribution in [2.75, 3.05) is 7.11 Å². The van der Waals surface area contributed by atoms with Crippen LogP contribution in [0.3, 0.4) is 0 Å². The standard InChI is InChI=1S/C16H15ClN2O/c1-20-16-8-7-13(9-14(16)17)15(10-18)19-11-12-5-3-2-4-6-12/h2-9,15,19H,11H2,1H3. The Bertz CT molecular complexity index is 608. The molecule has 3 nitrogen and oxygen atoms in total. The summed E-state index contributed by atoms with van der Waals surface area (Å²) in [6.45, 7) is 0.628. The van der Waals surface area contributed by atoms with Gasteiger partial charge in [-0.15, -0.1) is 0 Å². The fourth-order valence-corrected chi connectivity index (χ4v) is 2.18. The van der Waals surface area contributed by atoms with E-state index in [1.165, 1.54) is 0 Å². The average molecular weight is 287 g/mol. The van der Waals surface area contributed by atoms with Crippen LogP contribution >= 0.6 is 11.6 Å². The monoisotopic (exact) mass is 286 g/mol. The first-order chi connectivity index (χ1) is 9.74. The Morgan fingerprint density at radius 2 is 2.00 bits per heavy atom. The average Bonchev–Trinajstić information content (AvgIpc) is 2.49. The lowest BCUT2D eigenvalue weighted by atomic mass is 10.1. The third kappa shape index (κ3) is 3.51. The number of hydrogen-bond acceptors (Lipinski definition) is 3.